The predicted molar refractivity (Wildman–Crippen MR) is 74.7 cm³/mol. The SMILES string of the molecule is C=CC(=C)/C(C=C)=N\c1c(N)csc1CC. The topological polar surface area (TPSA) is 38.4 Å². The van der Waals surface area contributed by atoms with Crippen LogP contribution in [-0.2, 0) is 6.42 Å². The average molecular weight is 232 g/mol. The van der Waals surface area contributed by atoms with Crippen molar-refractivity contribution in [3.63, 3.8) is 0 Å². The summed E-state index contributed by atoms with van der Waals surface area (Å²) >= 11 is 1.63. The molecule has 0 unspecified atom stereocenters. The lowest BCUT2D eigenvalue weighted by Crippen LogP contribution is -1.95. The summed E-state index contributed by atoms with van der Waals surface area (Å²) < 4.78 is 0. The maximum absolute atomic E-state index is 5.88. The lowest BCUT2D eigenvalue weighted by atomic mass is 10.1. The summed E-state index contributed by atoms with van der Waals surface area (Å²) in [6.07, 6.45) is 4.25. The molecule has 1 aromatic rings. The predicted octanol–water partition coefficient (Wildman–Crippen LogP) is 3.89. The third-order valence-electron chi connectivity index (χ3n) is 2.19. The highest BCUT2D eigenvalue weighted by Gasteiger charge is 2.08. The number of nitrogens with two attached hydrogens (primary N) is 1. The van der Waals surface area contributed by atoms with E-state index in [4.69, 9.17) is 5.73 Å². The van der Waals surface area contributed by atoms with Crippen LogP contribution in [0.1, 0.15) is 11.8 Å². The molecular weight excluding hydrogens is 216 g/mol. The summed E-state index contributed by atoms with van der Waals surface area (Å²) in [5.74, 6) is 0. The molecule has 0 spiro atoms. The van der Waals surface area contributed by atoms with Gasteiger partial charge in [0.05, 0.1) is 11.4 Å². The average Bonchev–Trinajstić information content (AvgIpc) is 2.66. The van der Waals surface area contributed by atoms with Crippen LogP contribution in [0.5, 0.6) is 0 Å². The summed E-state index contributed by atoms with van der Waals surface area (Å²) in [7, 11) is 0. The number of aryl methyl sites for hydroxylation is 1. The van der Waals surface area contributed by atoms with Gasteiger partial charge in [0.1, 0.15) is 5.69 Å². The highest BCUT2D eigenvalue weighted by Crippen LogP contribution is 2.34. The van der Waals surface area contributed by atoms with E-state index in [0.717, 1.165) is 23.4 Å². The number of hydrogen-bond acceptors (Lipinski definition) is 3. The number of rotatable bonds is 5. The monoisotopic (exact) mass is 232 g/mol. The van der Waals surface area contributed by atoms with E-state index >= 15 is 0 Å². The Morgan fingerprint density at radius 1 is 1.50 bits per heavy atom. The minimum absolute atomic E-state index is 0.707. The van der Waals surface area contributed by atoms with Crippen molar-refractivity contribution in [2.24, 2.45) is 4.99 Å². The Balaban J connectivity index is 3.22. The fourth-order valence-electron chi connectivity index (χ4n) is 1.26. The third kappa shape index (κ3) is 2.49. The maximum atomic E-state index is 5.88. The number of anilines is 1. The van der Waals surface area contributed by atoms with E-state index in [1.807, 2.05) is 5.38 Å². The molecule has 1 heterocycles. The number of nitrogens with zero attached hydrogens (tertiary/aromatic N) is 1. The van der Waals surface area contributed by atoms with Gasteiger partial charge in [-0.2, -0.15) is 0 Å². The lowest BCUT2D eigenvalue weighted by Gasteiger charge is -2.02. The van der Waals surface area contributed by atoms with Crippen LogP contribution >= 0.6 is 11.3 Å². The zero-order chi connectivity index (χ0) is 12.1. The van der Waals surface area contributed by atoms with Crippen molar-refractivity contribution in [2.45, 2.75) is 13.3 Å². The van der Waals surface area contributed by atoms with Crippen LogP contribution in [-0.4, -0.2) is 5.71 Å². The molecular formula is C13H16N2S. The van der Waals surface area contributed by atoms with E-state index in [1.165, 1.54) is 4.88 Å². The lowest BCUT2D eigenvalue weighted by molar-refractivity contribution is 1.18. The highest BCUT2D eigenvalue weighted by atomic mass is 32.1. The third-order valence-corrected chi connectivity index (χ3v) is 3.33. The molecule has 0 fully saturated rings. The minimum Gasteiger partial charge on any atom is -0.396 e. The molecule has 84 valence electrons. The normalized spacial score (nSPS) is 11.2. The first-order valence-corrected chi connectivity index (χ1v) is 5.90. The summed E-state index contributed by atoms with van der Waals surface area (Å²) in [6, 6.07) is 0. The Bertz CT molecular complexity index is 452. The number of aliphatic imine (C=N–C) groups is 1. The van der Waals surface area contributed by atoms with Crippen LogP contribution in [0.25, 0.3) is 0 Å². The van der Waals surface area contributed by atoms with Crippen LogP contribution in [0.3, 0.4) is 0 Å². The van der Waals surface area contributed by atoms with Gasteiger partial charge in [-0.3, -0.25) is 0 Å². The van der Waals surface area contributed by atoms with Gasteiger partial charge in [-0.1, -0.05) is 32.7 Å². The van der Waals surface area contributed by atoms with E-state index < -0.39 is 0 Å². The van der Waals surface area contributed by atoms with Gasteiger partial charge in [-0.25, -0.2) is 4.99 Å². The van der Waals surface area contributed by atoms with Crippen LogP contribution in [0.4, 0.5) is 11.4 Å². The van der Waals surface area contributed by atoms with Gasteiger partial charge in [0, 0.05) is 10.3 Å². The maximum Gasteiger partial charge on any atom is 0.100 e. The van der Waals surface area contributed by atoms with Crippen molar-refractivity contribution >= 4 is 28.4 Å². The molecule has 0 bridgehead atoms. The second kappa shape index (κ2) is 5.47. The van der Waals surface area contributed by atoms with E-state index in [1.54, 1.807) is 23.5 Å². The Labute approximate surface area is 101 Å². The van der Waals surface area contributed by atoms with Gasteiger partial charge >= 0.3 is 0 Å². The first-order chi connectivity index (χ1) is 7.63. The Morgan fingerprint density at radius 3 is 2.69 bits per heavy atom. The fraction of sp³-hybridized carbons (Fsp3) is 0.154. The second-order valence-corrected chi connectivity index (χ2v) is 4.21. The molecule has 0 aromatic carbocycles. The Hall–Kier alpha value is -1.61. The van der Waals surface area contributed by atoms with Gasteiger partial charge in [0.15, 0.2) is 0 Å². The molecule has 1 aromatic heterocycles. The molecule has 1 rings (SSSR count). The molecule has 0 amide bonds. The van der Waals surface area contributed by atoms with E-state index in [-0.39, 0.29) is 0 Å². The van der Waals surface area contributed by atoms with Crippen molar-refractivity contribution in [3.05, 3.63) is 47.7 Å². The van der Waals surface area contributed by atoms with E-state index in [2.05, 4.69) is 31.7 Å². The molecule has 0 aliphatic heterocycles. The second-order valence-electron chi connectivity index (χ2n) is 3.25. The van der Waals surface area contributed by atoms with Crippen molar-refractivity contribution in [2.75, 3.05) is 5.73 Å². The number of allylic oxidation sites excluding steroid dienone is 3. The molecule has 3 heteroatoms. The molecule has 0 saturated heterocycles. The smallest absolute Gasteiger partial charge is 0.100 e. The van der Waals surface area contributed by atoms with Crippen molar-refractivity contribution in [1.82, 2.24) is 0 Å². The molecule has 0 radical (unpaired) electrons. The van der Waals surface area contributed by atoms with Crippen LogP contribution in [0, 0.1) is 0 Å². The van der Waals surface area contributed by atoms with Crippen molar-refractivity contribution in [3.8, 4) is 0 Å². The quantitative estimate of drug-likeness (QED) is 0.607. The minimum atomic E-state index is 0.707. The number of hydrogen-bond donors (Lipinski definition) is 1. The summed E-state index contributed by atoms with van der Waals surface area (Å²) in [4.78, 5) is 5.67. The van der Waals surface area contributed by atoms with Crippen LogP contribution < -0.4 is 5.73 Å². The molecule has 0 aliphatic carbocycles. The highest BCUT2D eigenvalue weighted by molar-refractivity contribution is 7.11. The Morgan fingerprint density at radius 2 is 2.19 bits per heavy atom. The van der Waals surface area contributed by atoms with Gasteiger partial charge < -0.3 is 5.73 Å². The zero-order valence-electron chi connectivity index (χ0n) is 9.49. The largest absolute Gasteiger partial charge is 0.396 e. The van der Waals surface area contributed by atoms with Gasteiger partial charge in [0.2, 0.25) is 0 Å². The van der Waals surface area contributed by atoms with Crippen LogP contribution in [0.2, 0.25) is 0 Å². The molecule has 2 N–H and O–H groups in total. The zero-order valence-corrected chi connectivity index (χ0v) is 10.3. The molecule has 0 atom stereocenters. The number of thiophene rings is 1. The first kappa shape index (κ1) is 12.5. The van der Waals surface area contributed by atoms with Gasteiger partial charge in [-0.15, -0.1) is 11.3 Å². The summed E-state index contributed by atoms with van der Waals surface area (Å²) in [5.41, 5.74) is 8.89. The van der Waals surface area contributed by atoms with Crippen molar-refractivity contribution < 1.29 is 0 Å². The summed E-state index contributed by atoms with van der Waals surface area (Å²) in [5, 5.41) is 1.91. The first-order valence-electron chi connectivity index (χ1n) is 5.02. The molecule has 0 saturated carbocycles. The standard InChI is InChI=1S/C13H16N2S/c1-5-9(4)11(6-2)15-13-10(14)8-16-12(13)7-3/h5-6,8H,1-2,4,7,14H2,3H3/b15-11-. The Kier molecular flexibility index (Phi) is 4.26. The van der Waals surface area contributed by atoms with Gasteiger partial charge in [-0.05, 0) is 18.1 Å². The molecule has 0 aliphatic rings. The van der Waals surface area contributed by atoms with Crippen molar-refractivity contribution in [1.29, 1.82) is 0 Å². The number of nitrogen functional groups attached to an aromatic ring is 1. The fourth-order valence-corrected chi connectivity index (χ4v) is 2.08. The molecule has 16 heavy (non-hydrogen) atoms. The summed E-state index contributed by atoms with van der Waals surface area (Å²) in [6.45, 7) is 13.3. The molecule has 2 nitrogen and oxygen atoms in total. The van der Waals surface area contributed by atoms with Gasteiger partial charge in [0.25, 0.3) is 0 Å². The van der Waals surface area contributed by atoms with E-state index in [9.17, 15) is 0 Å². The van der Waals surface area contributed by atoms with E-state index in [0.29, 0.717) is 5.69 Å². The van der Waals surface area contributed by atoms with Crippen LogP contribution in [0.15, 0.2) is 47.8 Å².